The number of methoxy groups -OCH3 is 1. The van der Waals surface area contributed by atoms with Crippen molar-refractivity contribution in [3.63, 3.8) is 0 Å². The van der Waals surface area contributed by atoms with E-state index in [0.29, 0.717) is 22.4 Å². The highest BCUT2D eigenvalue weighted by Crippen LogP contribution is 2.37. The van der Waals surface area contributed by atoms with Crippen molar-refractivity contribution in [1.29, 1.82) is 0 Å². The maximum Gasteiger partial charge on any atom is 0.311 e. The number of carbonyl (C=O) groups excluding carboxylic acids is 3. The van der Waals surface area contributed by atoms with E-state index >= 15 is 0 Å². The number of fused-ring (bicyclic) bond motifs is 1. The maximum absolute atomic E-state index is 14.1. The van der Waals surface area contributed by atoms with E-state index in [1.54, 1.807) is 57.3 Å². The van der Waals surface area contributed by atoms with Gasteiger partial charge in [-0.25, -0.2) is 4.39 Å². The molecule has 0 unspecified atom stereocenters. The molecule has 9 heteroatoms. The fraction of sp³-hybridized carbons (Fsp3) is 0.333. The molecule has 42 heavy (non-hydrogen) atoms. The molecule has 0 fully saturated rings. The molecule has 0 spiro atoms. The SMILES string of the molecule is COC(=O)C(C)(C)Cc1c(C(=O)C(C)(C)C)c2cc(OCc3cccc(C)n3)ccn2c1C(=O)c1ccc(F)c(Cl)c1. The number of rotatable bonds is 9. The summed E-state index contributed by atoms with van der Waals surface area (Å²) >= 11 is 6.03. The van der Waals surface area contributed by atoms with E-state index in [1.807, 2.05) is 25.1 Å². The number of nitrogens with zero attached hydrogens (tertiary/aromatic N) is 2. The van der Waals surface area contributed by atoms with Crippen LogP contribution in [-0.4, -0.2) is 34.0 Å². The summed E-state index contributed by atoms with van der Waals surface area (Å²) in [6, 6.07) is 12.8. The maximum atomic E-state index is 14.1. The highest BCUT2D eigenvalue weighted by molar-refractivity contribution is 6.31. The Balaban J connectivity index is 1.97. The van der Waals surface area contributed by atoms with Gasteiger partial charge in [-0.3, -0.25) is 19.4 Å². The predicted octanol–water partition coefficient (Wildman–Crippen LogP) is 7.22. The average molecular weight is 593 g/mol. The van der Waals surface area contributed by atoms with Gasteiger partial charge in [-0.1, -0.05) is 38.4 Å². The van der Waals surface area contributed by atoms with Gasteiger partial charge in [0.15, 0.2) is 5.78 Å². The number of aromatic nitrogens is 2. The summed E-state index contributed by atoms with van der Waals surface area (Å²) in [6.07, 6.45) is 1.68. The van der Waals surface area contributed by atoms with E-state index in [0.717, 1.165) is 17.5 Å². The van der Waals surface area contributed by atoms with Crippen LogP contribution in [0.25, 0.3) is 5.52 Å². The minimum absolute atomic E-state index is 0.0257. The fourth-order valence-corrected chi connectivity index (χ4v) is 5.01. The lowest BCUT2D eigenvalue weighted by atomic mass is 9.79. The Hall–Kier alpha value is -4.04. The Morgan fingerprint density at radius 1 is 1.02 bits per heavy atom. The van der Waals surface area contributed by atoms with Gasteiger partial charge in [0.25, 0.3) is 0 Å². The Morgan fingerprint density at radius 2 is 1.74 bits per heavy atom. The first kappa shape index (κ1) is 30.9. The Bertz CT molecular complexity index is 1700. The Labute approximate surface area is 249 Å². The van der Waals surface area contributed by atoms with E-state index < -0.39 is 28.4 Å². The van der Waals surface area contributed by atoms with Gasteiger partial charge < -0.3 is 13.9 Å². The summed E-state index contributed by atoms with van der Waals surface area (Å²) in [5, 5.41) is -0.204. The summed E-state index contributed by atoms with van der Waals surface area (Å²) in [5.41, 5.74) is 1.12. The van der Waals surface area contributed by atoms with Crippen LogP contribution in [-0.2, 0) is 22.6 Å². The van der Waals surface area contributed by atoms with Crippen LogP contribution in [0.5, 0.6) is 5.75 Å². The summed E-state index contributed by atoms with van der Waals surface area (Å²) in [4.78, 5) is 45.4. The zero-order chi connectivity index (χ0) is 31.0. The van der Waals surface area contributed by atoms with Crippen molar-refractivity contribution in [3.8, 4) is 5.75 Å². The van der Waals surface area contributed by atoms with Crippen molar-refractivity contribution in [3.05, 3.63) is 99.3 Å². The number of benzene rings is 1. The third-order valence-electron chi connectivity index (χ3n) is 7.01. The molecule has 0 saturated heterocycles. The van der Waals surface area contributed by atoms with Crippen molar-refractivity contribution in [2.45, 2.75) is 54.6 Å². The van der Waals surface area contributed by atoms with Crippen LogP contribution in [0.3, 0.4) is 0 Å². The van der Waals surface area contributed by atoms with Gasteiger partial charge in [0.05, 0.1) is 34.5 Å². The second kappa shape index (κ2) is 11.7. The van der Waals surface area contributed by atoms with E-state index in [1.165, 1.54) is 19.2 Å². The van der Waals surface area contributed by atoms with Gasteiger partial charge in [0, 0.05) is 34.5 Å². The Kier molecular flexibility index (Phi) is 8.60. The van der Waals surface area contributed by atoms with Crippen molar-refractivity contribution in [2.24, 2.45) is 10.8 Å². The van der Waals surface area contributed by atoms with Crippen molar-refractivity contribution in [2.75, 3.05) is 7.11 Å². The largest absolute Gasteiger partial charge is 0.487 e. The number of aryl methyl sites for hydroxylation is 1. The average Bonchev–Trinajstić information content (AvgIpc) is 3.23. The second-order valence-electron chi connectivity index (χ2n) is 12.0. The molecule has 220 valence electrons. The Morgan fingerprint density at radius 3 is 2.36 bits per heavy atom. The van der Waals surface area contributed by atoms with Gasteiger partial charge in [-0.15, -0.1) is 0 Å². The topological polar surface area (TPSA) is 87.0 Å². The van der Waals surface area contributed by atoms with Crippen LogP contribution >= 0.6 is 11.6 Å². The molecule has 0 saturated carbocycles. The fourth-order valence-electron chi connectivity index (χ4n) is 4.83. The number of carbonyl (C=O) groups is 3. The molecule has 0 aliphatic heterocycles. The molecule has 0 atom stereocenters. The van der Waals surface area contributed by atoms with Crippen LogP contribution in [0.2, 0.25) is 5.02 Å². The van der Waals surface area contributed by atoms with Crippen LogP contribution in [0.1, 0.15) is 78.0 Å². The summed E-state index contributed by atoms with van der Waals surface area (Å²) < 4.78 is 26.7. The van der Waals surface area contributed by atoms with E-state index in [4.69, 9.17) is 21.1 Å². The number of pyridine rings is 2. The molecule has 0 amide bonds. The summed E-state index contributed by atoms with van der Waals surface area (Å²) in [7, 11) is 1.29. The molecule has 7 nitrogen and oxygen atoms in total. The van der Waals surface area contributed by atoms with Crippen molar-refractivity contribution in [1.82, 2.24) is 9.38 Å². The second-order valence-corrected chi connectivity index (χ2v) is 12.4. The number of Topliss-reactive ketones (excluding diaryl/α,β-unsaturated/α-hetero) is 1. The lowest BCUT2D eigenvalue weighted by molar-refractivity contribution is -0.150. The number of ketones is 2. The lowest BCUT2D eigenvalue weighted by Gasteiger charge is -2.24. The van der Waals surface area contributed by atoms with Crippen LogP contribution in [0.15, 0.2) is 54.7 Å². The van der Waals surface area contributed by atoms with Gasteiger partial charge in [0.2, 0.25) is 5.78 Å². The first-order valence-corrected chi connectivity index (χ1v) is 13.9. The van der Waals surface area contributed by atoms with Crippen LogP contribution in [0, 0.1) is 23.6 Å². The van der Waals surface area contributed by atoms with Crippen molar-refractivity contribution >= 4 is 34.7 Å². The van der Waals surface area contributed by atoms with Gasteiger partial charge in [0.1, 0.15) is 18.2 Å². The summed E-state index contributed by atoms with van der Waals surface area (Å²) in [5.74, 6) is -1.38. The minimum atomic E-state index is -1.09. The molecule has 0 aliphatic carbocycles. The number of halogens is 2. The normalized spacial score (nSPS) is 11.9. The predicted molar refractivity (Wildman–Crippen MR) is 159 cm³/mol. The molecule has 0 bridgehead atoms. The van der Waals surface area contributed by atoms with Crippen molar-refractivity contribution < 1.29 is 28.2 Å². The molecular weight excluding hydrogens is 559 g/mol. The third-order valence-corrected chi connectivity index (χ3v) is 7.30. The van der Waals surface area contributed by atoms with Crippen LogP contribution < -0.4 is 4.74 Å². The van der Waals surface area contributed by atoms with Gasteiger partial charge in [-0.05, 0) is 69.2 Å². The van der Waals surface area contributed by atoms with Gasteiger partial charge in [-0.2, -0.15) is 0 Å². The minimum Gasteiger partial charge on any atom is -0.487 e. The first-order chi connectivity index (χ1) is 19.6. The number of esters is 1. The van der Waals surface area contributed by atoms with E-state index in [9.17, 15) is 18.8 Å². The number of hydrogen-bond acceptors (Lipinski definition) is 6. The zero-order valence-electron chi connectivity index (χ0n) is 24.8. The molecular formula is C33H34ClFN2O5. The summed E-state index contributed by atoms with van der Waals surface area (Å²) in [6.45, 7) is 10.9. The highest BCUT2D eigenvalue weighted by atomic mass is 35.5. The quantitative estimate of drug-likeness (QED) is 0.151. The first-order valence-electron chi connectivity index (χ1n) is 13.5. The lowest BCUT2D eigenvalue weighted by Crippen LogP contribution is -2.30. The molecule has 0 N–H and O–H groups in total. The molecule has 3 heterocycles. The number of hydrogen-bond donors (Lipinski definition) is 0. The van der Waals surface area contributed by atoms with Gasteiger partial charge >= 0.3 is 5.97 Å². The molecule has 1 aromatic carbocycles. The van der Waals surface area contributed by atoms with E-state index in [-0.39, 0.29) is 35.1 Å². The molecule has 4 aromatic rings. The molecule has 0 aliphatic rings. The highest BCUT2D eigenvalue weighted by Gasteiger charge is 2.38. The zero-order valence-corrected chi connectivity index (χ0v) is 25.6. The molecule has 4 rings (SSSR count). The third kappa shape index (κ3) is 6.23. The molecule has 0 radical (unpaired) electrons. The molecule has 3 aromatic heterocycles. The number of ether oxygens (including phenoxy) is 2. The monoisotopic (exact) mass is 592 g/mol. The smallest absolute Gasteiger partial charge is 0.311 e. The van der Waals surface area contributed by atoms with E-state index in [2.05, 4.69) is 4.98 Å². The standard InChI is InChI=1S/C33H34ClFN2O5/c1-19-9-8-10-21(36-19)18-42-22-13-14-37-26(16-22)27(30(39)32(2,3)4)23(17-33(5,6)31(40)41-7)28(37)29(38)20-11-12-25(35)24(34)15-20/h8-16H,17-18H2,1-7H3. The van der Waals surface area contributed by atoms with Crippen LogP contribution in [0.4, 0.5) is 4.39 Å².